The highest BCUT2D eigenvalue weighted by Gasteiger charge is 2.05. The van der Waals surface area contributed by atoms with E-state index >= 15 is 0 Å². The highest BCUT2D eigenvalue weighted by atomic mass is 16.5. The average molecular weight is 193 g/mol. The van der Waals surface area contributed by atoms with E-state index in [-0.39, 0.29) is 5.97 Å². The fourth-order valence-corrected chi connectivity index (χ4v) is 1.05. The van der Waals surface area contributed by atoms with Gasteiger partial charge in [-0.05, 0) is 25.0 Å². The standard InChI is InChI=1S/C11H15NO2/c1-3-4-5-11(13)14-10-8-12-7-6-9(10)2/h6-8H,3-5H2,1-2H3. The van der Waals surface area contributed by atoms with E-state index in [9.17, 15) is 4.79 Å². The SMILES string of the molecule is CCCCC(=O)Oc1cnccc1C. The smallest absolute Gasteiger partial charge is 0.311 e. The number of hydrogen-bond donors (Lipinski definition) is 0. The number of esters is 1. The Morgan fingerprint density at radius 1 is 1.57 bits per heavy atom. The predicted molar refractivity (Wildman–Crippen MR) is 54.1 cm³/mol. The molecule has 1 aromatic rings. The quantitative estimate of drug-likeness (QED) is 0.689. The van der Waals surface area contributed by atoms with Gasteiger partial charge in [0, 0.05) is 12.6 Å². The molecular formula is C11H15NO2. The largest absolute Gasteiger partial charge is 0.425 e. The number of unbranched alkanes of at least 4 members (excludes halogenated alkanes) is 1. The van der Waals surface area contributed by atoms with Crippen LogP contribution >= 0.6 is 0 Å². The molecular weight excluding hydrogens is 178 g/mol. The number of pyridine rings is 1. The molecule has 0 aliphatic heterocycles. The minimum Gasteiger partial charge on any atom is -0.425 e. The van der Waals surface area contributed by atoms with Crippen LogP contribution in [0.2, 0.25) is 0 Å². The third-order valence-corrected chi connectivity index (χ3v) is 1.95. The molecule has 76 valence electrons. The summed E-state index contributed by atoms with van der Waals surface area (Å²) in [6.07, 6.45) is 5.60. The van der Waals surface area contributed by atoms with Crippen molar-refractivity contribution in [1.29, 1.82) is 0 Å². The molecule has 1 rings (SSSR count). The van der Waals surface area contributed by atoms with Crippen LogP contribution in [0.25, 0.3) is 0 Å². The van der Waals surface area contributed by atoms with Gasteiger partial charge in [0.05, 0.1) is 6.20 Å². The fraction of sp³-hybridized carbons (Fsp3) is 0.455. The van der Waals surface area contributed by atoms with Crippen molar-refractivity contribution in [3.63, 3.8) is 0 Å². The maximum Gasteiger partial charge on any atom is 0.311 e. The van der Waals surface area contributed by atoms with Crippen molar-refractivity contribution in [2.45, 2.75) is 33.1 Å². The zero-order valence-electron chi connectivity index (χ0n) is 8.62. The Labute approximate surface area is 84.1 Å². The van der Waals surface area contributed by atoms with Crippen molar-refractivity contribution in [3.05, 3.63) is 24.0 Å². The topological polar surface area (TPSA) is 39.2 Å². The second kappa shape index (κ2) is 5.37. The maximum absolute atomic E-state index is 11.3. The molecule has 1 aromatic heterocycles. The Hall–Kier alpha value is -1.38. The lowest BCUT2D eigenvalue weighted by molar-refractivity contribution is -0.134. The Morgan fingerprint density at radius 3 is 3.00 bits per heavy atom. The average Bonchev–Trinajstić information content (AvgIpc) is 2.18. The van der Waals surface area contributed by atoms with Crippen LogP contribution in [0.1, 0.15) is 31.7 Å². The van der Waals surface area contributed by atoms with Crippen molar-refractivity contribution in [2.75, 3.05) is 0 Å². The lowest BCUT2D eigenvalue weighted by Crippen LogP contribution is -2.08. The summed E-state index contributed by atoms with van der Waals surface area (Å²) in [4.78, 5) is 15.2. The van der Waals surface area contributed by atoms with Crippen LogP contribution in [0.5, 0.6) is 5.75 Å². The van der Waals surface area contributed by atoms with Gasteiger partial charge in [-0.15, -0.1) is 0 Å². The van der Waals surface area contributed by atoms with Crippen molar-refractivity contribution < 1.29 is 9.53 Å². The molecule has 0 saturated heterocycles. The number of carbonyl (C=O) groups is 1. The van der Waals surface area contributed by atoms with Crippen LogP contribution in [-0.2, 0) is 4.79 Å². The molecule has 0 N–H and O–H groups in total. The first kappa shape index (κ1) is 10.7. The first-order chi connectivity index (χ1) is 6.74. The summed E-state index contributed by atoms with van der Waals surface area (Å²) in [6, 6.07) is 1.82. The molecule has 0 saturated carbocycles. The number of rotatable bonds is 4. The molecule has 0 atom stereocenters. The van der Waals surface area contributed by atoms with Crippen molar-refractivity contribution in [2.24, 2.45) is 0 Å². The minimum atomic E-state index is -0.178. The van der Waals surface area contributed by atoms with E-state index < -0.39 is 0 Å². The van der Waals surface area contributed by atoms with Crippen LogP contribution < -0.4 is 4.74 Å². The second-order valence-corrected chi connectivity index (χ2v) is 3.22. The van der Waals surface area contributed by atoms with Gasteiger partial charge in [-0.25, -0.2) is 0 Å². The molecule has 0 spiro atoms. The van der Waals surface area contributed by atoms with Crippen molar-refractivity contribution >= 4 is 5.97 Å². The van der Waals surface area contributed by atoms with E-state index in [4.69, 9.17) is 4.74 Å². The van der Waals surface area contributed by atoms with Gasteiger partial charge in [-0.3, -0.25) is 9.78 Å². The normalized spacial score (nSPS) is 9.86. The first-order valence-electron chi connectivity index (χ1n) is 4.85. The number of nitrogens with zero attached hydrogens (tertiary/aromatic N) is 1. The van der Waals surface area contributed by atoms with Gasteiger partial charge in [0.1, 0.15) is 0 Å². The number of aryl methyl sites for hydroxylation is 1. The highest BCUT2D eigenvalue weighted by Crippen LogP contribution is 2.15. The van der Waals surface area contributed by atoms with E-state index in [0.29, 0.717) is 12.2 Å². The molecule has 0 amide bonds. The molecule has 0 fully saturated rings. The summed E-state index contributed by atoms with van der Waals surface area (Å²) in [5.74, 6) is 0.386. The van der Waals surface area contributed by atoms with Crippen LogP contribution in [0.4, 0.5) is 0 Å². The molecule has 0 bridgehead atoms. The van der Waals surface area contributed by atoms with Crippen molar-refractivity contribution in [1.82, 2.24) is 4.98 Å². The number of aromatic nitrogens is 1. The van der Waals surface area contributed by atoms with E-state index in [1.807, 2.05) is 19.9 Å². The Balaban J connectivity index is 2.52. The maximum atomic E-state index is 11.3. The van der Waals surface area contributed by atoms with E-state index in [2.05, 4.69) is 4.98 Å². The van der Waals surface area contributed by atoms with Gasteiger partial charge in [0.25, 0.3) is 0 Å². The van der Waals surface area contributed by atoms with Crippen LogP contribution in [0, 0.1) is 6.92 Å². The van der Waals surface area contributed by atoms with Crippen LogP contribution in [0.15, 0.2) is 18.5 Å². The number of ether oxygens (including phenoxy) is 1. The minimum absolute atomic E-state index is 0.178. The molecule has 0 aromatic carbocycles. The Morgan fingerprint density at radius 2 is 2.36 bits per heavy atom. The van der Waals surface area contributed by atoms with Gasteiger partial charge in [-0.2, -0.15) is 0 Å². The van der Waals surface area contributed by atoms with Gasteiger partial charge < -0.3 is 4.74 Å². The lowest BCUT2D eigenvalue weighted by Gasteiger charge is -2.05. The zero-order valence-corrected chi connectivity index (χ0v) is 8.62. The predicted octanol–water partition coefficient (Wildman–Crippen LogP) is 2.49. The molecule has 3 nitrogen and oxygen atoms in total. The Kier molecular flexibility index (Phi) is 4.11. The molecule has 3 heteroatoms. The monoisotopic (exact) mass is 193 g/mol. The summed E-state index contributed by atoms with van der Waals surface area (Å²) >= 11 is 0. The molecule has 0 aliphatic carbocycles. The lowest BCUT2D eigenvalue weighted by atomic mass is 10.2. The summed E-state index contributed by atoms with van der Waals surface area (Å²) in [6.45, 7) is 3.94. The van der Waals surface area contributed by atoms with Crippen molar-refractivity contribution in [3.8, 4) is 5.75 Å². The van der Waals surface area contributed by atoms with Crippen LogP contribution in [-0.4, -0.2) is 11.0 Å². The van der Waals surface area contributed by atoms with Gasteiger partial charge in [-0.1, -0.05) is 13.3 Å². The summed E-state index contributed by atoms with van der Waals surface area (Å²) in [5, 5.41) is 0. The summed E-state index contributed by atoms with van der Waals surface area (Å²) in [5.41, 5.74) is 0.935. The Bertz CT molecular complexity index is 310. The molecule has 1 heterocycles. The van der Waals surface area contributed by atoms with Gasteiger partial charge in [0.15, 0.2) is 5.75 Å². The summed E-state index contributed by atoms with van der Waals surface area (Å²) in [7, 11) is 0. The third-order valence-electron chi connectivity index (χ3n) is 1.95. The molecule has 14 heavy (non-hydrogen) atoms. The third kappa shape index (κ3) is 3.17. The fourth-order valence-electron chi connectivity index (χ4n) is 1.05. The summed E-state index contributed by atoms with van der Waals surface area (Å²) < 4.78 is 5.15. The zero-order chi connectivity index (χ0) is 10.4. The van der Waals surface area contributed by atoms with E-state index in [0.717, 1.165) is 18.4 Å². The first-order valence-corrected chi connectivity index (χ1v) is 4.85. The van der Waals surface area contributed by atoms with Gasteiger partial charge in [0.2, 0.25) is 0 Å². The van der Waals surface area contributed by atoms with Gasteiger partial charge >= 0.3 is 5.97 Å². The number of carbonyl (C=O) groups excluding carboxylic acids is 1. The van der Waals surface area contributed by atoms with Crippen LogP contribution in [0.3, 0.4) is 0 Å². The molecule has 0 aliphatic rings. The second-order valence-electron chi connectivity index (χ2n) is 3.22. The van der Waals surface area contributed by atoms with E-state index in [1.54, 1.807) is 12.4 Å². The van der Waals surface area contributed by atoms with E-state index in [1.165, 1.54) is 0 Å². The number of hydrogen-bond acceptors (Lipinski definition) is 3. The molecule has 0 unspecified atom stereocenters. The molecule has 0 radical (unpaired) electrons. The highest BCUT2D eigenvalue weighted by molar-refractivity contribution is 5.72.